The smallest absolute Gasteiger partial charge is 0.408 e. The van der Waals surface area contributed by atoms with Gasteiger partial charge in [0.25, 0.3) is 5.89 Å². The molecular formula is C40H46N6O6. The van der Waals surface area contributed by atoms with Gasteiger partial charge in [-0.05, 0) is 66.8 Å². The van der Waals surface area contributed by atoms with Gasteiger partial charge < -0.3 is 30.8 Å². The molecule has 1 saturated heterocycles. The van der Waals surface area contributed by atoms with Crippen LogP contribution in [0.4, 0.5) is 4.79 Å². The van der Waals surface area contributed by atoms with E-state index in [4.69, 9.17) is 20.6 Å². The number of aliphatic imine (C=N–C) groups is 1. The number of hydrogen-bond donors (Lipinski definition) is 3. The van der Waals surface area contributed by atoms with Gasteiger partial charge >= 0.3 is 6.09 Å². The quantitative estimate of drug-likeness (QED) is 0.0678. The predicted octanol–water partition coefficient (Wildman–Crippen LogP) is 4.77. The largest absolute Gasteiger partial charge is 0.446 e. The third kappa shape index (κ3) is 8.85. The van der Waals surface area contributed by atoms with Gasteiger partial charge in [-0.15, -0.1) is 0 Å². The summed E-state index contributed by atoms with van der Waals surface area (Å²) in [4.78, 5) is 65.7. The molecule has 12 heteroatoms. The monoisotopic (exact) mass is 706 g/mol. The fourth-order valence-corrected chi connectivity index (χ4v) is 7.42. The van der Waals surface area contributed by atoms with E-state index in [0.717, 1.165) is 16.7 Å². The zero-order valence-corrected chi connectivity index (χ0v) is 29.4. The maximum atomic E-state index is 14.4. The Morgan fingerprint density at radius 3 is 2.37 bits per heavy atom. The molecule has 1 fully saturated rings. The number of benzene rings is 3. The zero-order valence-electron chi connectivity index (χ0n) is 29.4. The molecule has 52 heavy (non-hydrogen) atoms. The van der Waals surface area contributed by atoms with Gasteiger partial charge in [-0.3, -0.25) is 19.4 Å². The molecule has 1 aromatic heterocycles. The number of ketones is 2. The highest BCUT2D eigenvalue weighted by Crippen LogP contribution is 2.30. The van der Waals surface area contributed by atoms with Crippen LogP contribution >= 0.6 is 0 Å². The van der Waals surface area contributed by atoms with Crippen LogP contribution in [-0.4, -0.2) is 70.7 Å². The van der Waals surface area contributed by atoms with E-state index >= 15 is 0 Å². The van der Waals surface area contributed by atoms with E-state index in [-0.39, 0.29) is 48.5 Å². The molecule has 1 aliphatic carbocycles. The van der Waals surface area contributed by atoms with E-state index in [1.165, 1.54) is 0 Å². The summed E-state index contributed by atoms with van der Waals surface area (Å²) >= 11 is 0. The molecule has 0 spiro atoms. The van der Waals surface area contributed by atoms with Crippen molar-refractivity contribution in [3.05, 3.63) is 101 Å². The lowest BCUT2D eigenvalue weighted by atomic mass is 9.87. The molecule has 4 atom stereocenters. The van der Waals surface area contributed by atoms with E-state index in [9.17, 15) is 19.2 Å². The Labute approximate surface area is 303 Å². The van der Waals surface area contributed by atoms with Crippen molar-refractivity contribution >= 4 is 40.6 Å². The van der Waals surface area contributed by atoms with Crippen LogP contribution in [0.5, 0.6) is 0 Å². The van der Waals surface area contributed by atoms with Crippen LogP contribution in [0.25, 0.3) is 11.1 Å². The van der Waals surface area contributed by atoms with Gasteiger partial charge in [0.15, 0.2) is 17.3 Å². The minimum absolute atomic E-state index is 0.0560. The molecule has 272 valence electrons. The van der Waals surface area contributed by atoms with Gasteiger partial charge in [0.05, 0.1) is 6.04 Å². The first-order valence-electron chi connectivity index (χ1n) is 18.0. The second-order valence-electron chi connectivity index (χ2n) is 13.8. The number of carbonyl (C=O) groups is 4. The lowest BCUT2D eigenvalue weighted by Gasteiger charge is -2.31. The van der Waals surface area contributed by atoms with Crippen LogP contribution in [-0.2, 0) is 33.6 Å². The van der Waals surface area contributed by atoms with Crippen LogP contribution in [0.15, 0.2) is 88.3 Å². The highest BCUT2D eigenvalue weighted by Gasteiger charge is 2.43. The maximum absolute atomic E-state index is 14.4. The van der Waals surface area contributed by atoms with Gasteiger partial charge in [-0.25, -0.2) is 9.78 Å². The third-order valence-electron chi connectivity index (χ3n) is 10.1. The van der Waals surface area contributed by atoms with Crippen LogP contribution in [0.1, 0.15) is 66.4 Å². The number of nitrogens with two attached hydrogens (primary N) is 2. The van der Waals surface area contributed by atoms with Gasteiger partial charge in [-0.2, -0.15) is 0 Å². The number of ether oxygens (including phenoxy) is 1. The Kier molecular flexibility index (Phi) is 11.6. The number of fused-ring (bicyclic) bond motifs is 2. The number of aromatic nitrogens is 1. The number of nitrogens with zero attached hydrogens (tertiary/aromatic N) is 3. The minimum atomic E-state index is -0.922. The lowest BCUT2D eigenvalue weighted by molar-refractivity contribution is -0.140. The summed E-state index contributed by atoms with van der Waals surface area (Å²) in [6.07, 6.45) is 2.33. The molecule has 2 amide bonds. The Balaban J connectivity index is 1.17. The minimum Gasteiger partial charge on any atom is -0.446 e. The number of para-hydroxylation sites is 2. The van der Waals surface area contributed by atoms with E-state index in [0.29, 0.717) is 62.6 Å². The SMILES string of the molecule is C[C@H]1CCN(C(=O)[C@@H](CCc2ccccc2)NC(=O)OC2Cc3ccccc3C2)[C@@H]1C(=O)C[C@@H](CCCN=C(N)N)C(=O)c1nc2ccccc2o1. The Morgan fingerprint density at radius 1 is 0.962 bits per heavy atom. The van der Waals surface area contributed by atoms with Crippen molar-refractivity contribution in [2.24, 2.45) is 28.3 Å². The van der Waals surface area contributed by atoms with Crippen molar-refractivity contribution in [1.82, 2.24) is 15.2 Å². The first-order valence-corrected chi connectivity index (χ1v) is 18.0. The van der Waals surface area contributed by atoms with E-state index in [1.807, 2.05) is 61.5 Å². The molecule has 2 heterocycles. The molecule has 1 aliphatic heterocycles. The number of Topliss-reactive ketones (excluding diaryl/α,β-unsaturated/α-hetero) is 2. The first-order chi connectivity index (χ1) is 25.2. The molecule has 2 aliphatic rings. The van der Waals surface area contributed by atoms with Gasteiger partial charge in [-0.1, -0.05) is 73.7 Å². The first kappa shape index (κ1) is 36.3. The summed E-state index contributed by atoms with van der Waals surface area (Å²) < 4.78 is 11.6. The molecule has 0 bridgehead atoms. The highest BCUT2D eigenvalue weighted by atomic mass is 16.6. The van der Waals surface area contributed by atoms with Crippen LogP contribution in [0, 0.1) is 11.8 Å². The maximum Gasteiger partial charge on any atom is 0.408 e. The molecule has 12 nitrogen and oxygen atoms in total. The van der Waals surface area contributed by atoms with Crippen LogP contribution in [0.3, 0.4) is 0 Å². The molecule has 0 unspecified atom stereocenters. The summed E-state index contributed by atoms with van der Waals surface area (Å²) in [5, 5.41) is 2.86. The Hall–Kier alpha value is -5.52. The second kappa shape index (κ2) is 16.7. The summed E-state index contributed by atoms with van der Waals surface area (Å²) in [7, 11) is 0. The van der Waals surface area contributed by atoms with Crippen molar-refractivity contribution in [2.45, 2.75) is 76.5 Å². The van der Waals surface area contributed by atoms with Gasteiger partial charge in [0, 0.05) is 38.3 Å². The van der Waals surface area contributed by atoms with Crippen molar-refractivity contribution in [1.29, 1.82) is 0 Å². The van der Waals surface area contributed by atoms with E-state index in [2.05, 4.69) is 15.3 Å². The standard InChI is InChI=1S/C40H46N6O6/c1-25-19-21-46(35(25)33(47)24-29(14-9-20-43-39(41)42)36(48)37-44-31-15-7-8-16-34(31)52-37)38(49)32(18-17-26-10-3-2-4-11-26)45-40(50)51-30-22-27-12-5-6-13-28(27)23-30/h2-8,10-13,15-16,25,29-30,32,35H,9,14,17-24H2,1H3,(H,45,50)(H4,41,42,43)/t25-,29+,32+,35-/m0/s1. The topological polar surface area (TPSA) is 183 Å². The number of hydrogen-bond acceptors (Lipinski definition) is 8. The number of rotatable bonds is 15. The van der Waals surface area contributed by atoms with Gasteiger partial charge in [0.2, 0.25) is 11.7 Å². The summed E-state index contributed by atoms with van der Waals surface area (Å²) in [6.45, 7) is 2.57. The van der Waals surface area contributed by atoms with Gasteiger partial charge in [0.1, 0.15) is 17.7 Å². The Morgan fingerprint density at radius 2 is 1.65 bits per heavy atom. The number of carbonyl (C=O) groups excluding carboxylic acids is 4. The third-order valence-corrected chi connectivity index (χ3v) is 10.1. The predicted molar refractivity (Wildman–Crippen MR) is 196 cm³/mol. The second-order valence-corrected chi connectivity index (χ2v) is 13.8. The number of guanidine groups is 1. The zero-order chi connectivity index (χ0) is 36.6. The molecule has 6 rings (SSSR count). The van der Waals surface area contributed by atoms with E-state index < -0.39 is 29.9 Å². The number of aryl methyl sites for hydroxylation is 1. The average Bonchev–Trinajstić information content (AvgIpc) is 3.87. The average molecular weight is 707 g/mol. The van der Waals surface area contributed by atoms with Crippen molar-refractivity contribution < 1.29 is 28.3 Å². The molecule has 3 aromatic carbocycles. The fraction of sp³-hybridized carbons (Fsp3) is 0.400. The molecule has 4 aromatic rings. The summed E-state index contributed by atoms with van der Waals surface area (Å²) in [5.41, 5.74) is 15.3. The molecule has 0 radical (unpaired) electrons. The summed E-state index contributed by atoms with van der Waals surface area (Å²) in [5.74, 6) is -2.02. The lowest BCUT2D eigenvalue weighted by Crippen LogP contribution is -2.53. The van der Waals surface area contributed by atoms with Crippen LogP contribution in [0.2, 0.25) is 0 Å². The summed E-state index contributed by atoms with van der Waals surface area (Å²) in [6, 6.07) is 23.1. The van der Waals surface area contributed by atoms with Crippen molar-refractivity contribution in [2.75, 3.05) is 13.1 Å². The number of likely N-dealkylation sites (tertiary alicyclic amines) is 1. The number of alkyl carbamates (subject to hydrolysis) is 1. The molecular weight excluding hydrogens is 660 g/mol. The Bertz CT molecular complexity index is 1860. The number of oxazole rings is 1. The number of amides is 2. The van der Waals surface area contributed by atoms with Crippen molar-refractivity contribution in [3.8, 4) is 0 Å². The van der Waals surface area contributed by atoms with Crippen LogP contribution < -0.4 is 16.8 Å². The molecule has 0 saturated carbocycles. The number of nitrogens with one attached hydrogen (secondary N) is 1. The normalized spacial score (nSPS) is 18.1. The van der Waals surface area contributed by atoms with E-state index in [1.54, 1.807) is 29.2 Å². The van der Waals surface area contributed by atoms with Crippen molar-refractivity contribution in [3.63, 3.8) is 0 Å². The fourth-order valence-electron chi connectivity index (χ4n) is 7.42. The highest BCUT2D eigenvalue weighted by molar-refractivity contribution is 6.00. The molecule has 5 N–H and O–H groups in total.